The molecule has 0 unspecified atom stereocenters. The summed E-state index contributed by atoms with van der Waals surface area (Å²) in [7, 11) is 0. The van der Waals surface area contributed by atoms with E-state index in [2.05, 4.69) is 21.5 Å². The molecule has 0 saturated carbocycles. The summed E-state index contributed by atoms with van der Waals surface area (Å²) in [6, 6.07) is 0. The van der Waals surface area contributed by atoms with E-state index in [9.17, 15) is 0 Å². The van der Waals surface area contributed by atoms with Crippen LogP contribution in [-0.4, -0.2) is 12.5 Å². The molecule has 8 N–H and O–H groups in total. The summed E-state index contributed by atoms with van der Waals surface area (Å²) < 4.78 is 0. The van der Waals surface area contributed by atoms with Gasteiger partial charge in [0.15, 0.2) is 0 Å². The normalized spacial score (nSPS) is 11.2. The average molecular weight is 122 g/mol. The second kappa shape index (κ2) is 3.72. The van der Waals surface area contributed by atoms with E-state index < -0.39 is 12.5 Å². The van der Waals surface area contributed by atoms with Crippen molar-refractivity contribution in [1.82, 2.24) is 0 Å². The lowest BCUT2D eigenvalue weighted by atomic mass is 10.5. The van der Waals surface area contributed by atoms with Crippen LogP contribution >= 0.6 is 0 Å². The summed E-state index contributed by atoms with van der Waals surface area (Å²) in [4.78, 5) is 8.13. The van der Waals surface area contributed by atoms with Crippen molar-refractivity contribution in [3.63, 3.8) is 0 Å². The molecule has 0 aromatic heterocycles. The number of nitrogens with two attached hydrogens (primary N) is 4. The van der Waals surface area contributed by atoms with E-state index in [0.717, 1.165) is 0 Å². The van der Waals surface area contributed by atoms with E-state index in [4.69, 9.17) is 11.5 Å². The van der Waals surface area contributed by atoms with Crippen molar-refractivity contribution in [3.05, 3.63) is 0 Å². The lowest BCUT2D eigenvalue weighted by Gasteiger charge is -2.13. The Bertz CT molecular complexity index is 54.0. The Morgan fingerprint density at radius 2 is 1.38 bits per heavy atom. The van der Waals surface area contributed by atoms with Crippen LogP contribution in [-0.2, 0) is 9.68 Å². The highest BCUT2D eigenvalue weighted by molar-refractivity contribution is 4.52. The molecule has 50 valence electrons. The summed E-state index contributed by atoms with van der Waals surface area (Å²) in [5, 5.41) is 0. The Morgan fingerprint density at radius 3 is 1.38 bits per heavy atom. The Morgan fingerprint density at radius 1 is 1.00 bits per heavy atom. The predicted octanol–water partition coefficient (Wildman–Crippen LogP) is -2.66. The highest BCUT2D eigenvalue weighted by atomic mass is 16.8. The zero-order valence-corrected chi connectivity index (χ0v) is 4.28. The smallest absolute Gasteiger partial charge is 0.223 e. The van der Waals surface area contributed by atoms with Crippen molar-refractivity contribution in [2.75, 3.05) is 0 Å². The van der Waals surface area contributed by atoms with Gasteiger partial charge in [-0.3, -0.25) is 9.68 Å². The van der Waals surface area contributed by atoms with Crippen LogP contribution in [0.2, 0.25) is 0 Å². The molecule has 0 radical (unpaired) electrons. The molecule has 0 spiro atoms. The molecule has 0 rings (SSSR count). The summed E-state index contributed by atoms with van der Waals surface area (Å²) in [5.74, 6) is 9.24. The number of hydrogen-bond acceptors (Lipinski definition) is 6. The minimum atomic E-state index is -0.935. The maximum absolute atomic E-state index is 5.03. The van der Waals surface area contributed by atoms with E-state index in [1.807, 2.05) is 0 Å². The van der Waals surface area contributed by atoms with E-state index in [0.29, 0.717) is 0 Å². The van der Waals surface area contributed by atoms with Gasteiger partial charge in [0.1, 0.15) is 6.17 Å². The quantitative estimate of drug-likeness (QED) is 0.239. The van der Waals surface area contributed by atoms with Gasteiger partial charge >= 0.3 is 0 Å². The van der Waals surface area contributed by atoms with Crippen LogP contribution in [0.3, 0.4) is 0 Å². The molecule has 0 heterocycles. The Hall–Kier alpha value is -0.240. The molecule has 0 saturated heterocycles. The van der Waals surface area contributed by atoms with Gasteiger partial charge in [-0.1, -0.05) is 0 Å². The van der Waals surface area contributed by atoms with Gasteiger partial charge in [0, 0.05) is 0 Å². The predicted molar refractivity (Wildman–Crippen MR) is 26.5 cm³/mol. The third-order valence-corrected chi connectivity index (χ3v) is 0.583. The topological polar surface area (TPSA) is 123 Å². The van der Waals surface area contributed by atoms with Gasteiger partial charge in [-0.05, 0) is 0 Å². The molecular weight excluding hydrogens is 112 g/mol. The third-order valence-electron chi connectivity index (χ3n) is 0.583. The molecule has 6 heteroatoms. The molecule has 0 bridgehead atoms. The molecule has 6 nitrogen and oxygen atoms in total. The van der Waals surface area contributed by atoms with E-state index in [-0.39, 0.29) is 0 Å². The summed E-state index contributed by atoms with van der Waals surface area (Å²) in [5.41, 5.74) is 10.1. The third kappa shape index (κ3) is 2.17. The fourth-order valence-electron chi connectivity index (χ4n) is 0.214. The lowest BCUT2D eigenvalue weighted by Crippen LogP contribution is -2.48. The maximum Gasteiger partial charge on any atom is 0.223 e. The molecule has 0 amide bonds. The number of rotatable bonds is 3. The molecule has 0 aliphatic carbocycles. The largest absolute Gasteiger partial charge is 0.312 e. The van der Waals surface area contributed by atoms with Gasteiger partial charge in [-0.15, -0.1) is 0 Å². The van der Waals surface area contributed by atoms with Gasteiger partial charge in [-0.2, -0.15) is 0 Å². The van der Waals surface area contributed by atoms with Gasteiger partial charge in [0.25, 0.3) is 0 Å². The minimum Gasteiger partial charge on any atom is -0.312 e. The van der Waals surface area contributed by atoms with Crippen LogP contribution in [0.1, 0.15) is 0 Å². The average Bonchev–Trinajstić information content (AvgIpc) is 1.69. The Labute approximate surface area is 46.6 Å². The van der Waals surface area contributed by atoms with Gasteiger partial charge in [0.05, 0.1) is 0 Å². The van der Waals surface area contributed by atoms with E-state index >= 15 is 0 Å². The van der Waals surface area contributed by atoms with Crippen molar-refractivity contribution in [3.8, 4) is 0 Å². The SMILES string of the molecule is NOC(ON)C(N)N. The second-order valence-corrected chi connectivity index (χ2v) is 1.22. The van der Waals surface area contributed by atoms with Gasteiger partial charge in [-0.25, -0.2) is 11.8 Å². The zero-order chi connectivity index (χ0) is 6.57. The van der Waals surface area contributed by atoms with Crippen LogP contribution in [0.4, 0.5) is 0 Å². The van der Waals surface area contributed by atoms with Gasteiger partial charge < -0.3 is 11.5 Å². The monoisotopic (exact) mass is 122 g/mol. The van der Waals surface area contributed by atoms with E-state index in [1.54, 1.807) is 0 Å². The lowest BCUT2D eigenvalue weighted by molar-refractivity contribution is -0.158. The summed E-state index contributed by atoms with van der Waals surface area (Å²) >= 11 is 0. The molecular formula is C2H10N4O2. The highest BCUT2D eigenvalue weighted by Crippen LogP contribution is 1.84. The molecule has 0 atom stereocenters. The highest BCUT2D eigenvalue weighted by Gasteiger charge is 2.11. The molecule has 0 aliphatic heterocycles. The first kappa shape index (κ1) is 7.76. The van der Waals surface area contributed by atoms with Crippen LogP contribution in [0.15, 0.2) is 0 Å². The zero-order valence-electron chi connectivity index (χ0n) is 4.28. The van der Waals surface area contributed by atoms with Crippen LogP contribution in [0.25, 0.3) is 0 Å². The Balaban J connectivity index is 3.35. The molecule has 0 aliphatic rings. The summed E-state index contributed by atoms with van der Waals surface area (Å²) in [6.07, 6.45) is -1.75. The first-order chi connectivity index (χ1) is 3.72. The fourth-order valence-corrected chi connectivity index (χ4v) is 0.214. The molecule has 0 aromatic rings. The van der Waals surface area contributed by atoms with Crippen molar-refractivity contribution in [2.45, 2.75) is 12.5 Å². The van der Waals surface area contributed by atoms with Crippen molar-refractivity contribution < 1.29 is 9.68 Å². The first-order valence-electron chi connectivity index (χ1n) is 1.94. The van der Waals surface area contributed by atoms with Crippen molar-refractivity contribution in [2.24, 2.45) is 23.3 Å². The maximum atomic E-state index is 5.03. The fraction of sp³-hybridized carbons (Fsp3) is 1.00. The first-order valence-corrected chi connectivity index (χ1v) is 1.94. The second-order valence-electron chi connectivity index (χ2n) is 1.22. The molecule has 8 heavy (non-hydrogen) atoms. The standard InChI is InChI=1S/C2H10N4O2/c3-1(4)2(7-5)8-6/h1-2H,3-6H2. The van der Waals surface area contributed by atoms with Crippen LogP contribution in [0.5, 0.6) is 0 Å². The van der Waals surface area contributed by atoms with Crippen molar-refractivity contribution >= 4 is 0 Å². The summed E-state index contributed by atoms with van der Waals surface area (Å²) in [6.45, 7) is 0. The van der Waals surface area contributed by atoms with Crippen LogP contribution < -0.4 is 23.3 Å². The van der Waals surface area contributed by atoms with Crippen LogP contribution in [0, 0.1) is 0 Å². The minimum absolute atomic E-state index is 0.815. The van der Waals surface area contributed by atoms with Gasteiger partial charge in [0.2, 0.25) is 6.29 Å². The molecule has 0 fully saturated rings. The van der Waals surface area contributed by atoms with Crippen molar-refractivity contribution in [1.29, 1.82) is 0 Å². The van der Waals surface area contributed by atoms with E-state index in [1.165, 1.54) is 0 Å². The number of hydrogen-bond donors (Lipinski definition) is 4. The Kier molecular flexibility index (Phi) is 3.61. The molecule has 0 aromatic carbocycles.